The lowest BCUT2D eigenvalue weighted by molar-refractivity contribution is -0.114. The highest BCUT2D eigenvalue weighted by atomic mass is 32.2. The molecule has 0 unspecified atom stereocenters. The summed E-state index contributed by atoms with van der Waals surface area (Å²) in [6.45, 7) is 3.13. The first-order valence-corrected chi connectivity index (χ1v) is 12.2. The molecule has 1 N–H and O–H groups in total. The predicted molar refractivity (Wildman–Crippen MR) is 131 cm³/mol. The van der Waals surface area contributed by atoms with Crippen LogP contribution < -0.4 is 23.8 Å². The molecule has 0 aromatic heterocycles. The van der Waals surface area contributed by atoms with E-state index in [-0.39, 0.29) is 22.4 Å². The number of methoxy groups -OCH3 is 2. The molecule has 0 spiro atoms. The summed E-state index contributed by atoms with van der Waals surface area (Å²) in [5, 5.41) is 2.70. The summed E-state index contributed by atoms with van der Waals surface area (Å²) in [5.41, 5.74) is 0.511. The second kappa shape index (κ2) is 11.1. The van der Waals surface area contributed by atoms with Crippen molar-refractivity contribution in [3.05, 3.63) is 72.5 Å². The summed E-state index contributed by atoms with van der Waals surface area (Å²) in [6.07, 6.45) is -0.130. The Bertz CT molecular complexity index is 1280. The average Bonchev–Trinajstić information content (AvgIpc) is 2.83. The molecular formula is C25H27FN2O6S. The molecular weight excluding hydrogens is 475 g/mol. The minimum absolute atomic E-state index is 0.114. The molecule has 0 radical (unpaired) electrons. The average molecular weight is 503 g/mol. The van der Waals surface area contributed by atoms with E-state index in [1.165, 1.54) is 44.6 Å². The summed E-state index contributed by atoms with van der Waals surface area (Å²) in [4.78, 5) is 12.9. The molecule has 0 heterocycles. The number of rotatable bonds is 10. The third-order valence-corrected chi connectivity index (χ3v) is 6.64. The molecule has 0 saturated heterocycles. The van der Waals surface area contributed by atoms with E-state index in [1.54, 1.807) is 24.3 Å². The number of para-hydroxylation sites is 2. The van der Waals surface area contributed by atoms with Crippen LogP contribution in [-0.2, 0) is 14.8 Å². The zero-order chi connectivity index (χ0) is 25.6. The van der Waals surface area contributed by atoms with Crippen molar-refractivity contribution in [2.45, 2.75) is 24.8 Å². The van der Waals surface area contributed by atoms with Crippen molar-refractivity contribution in [3.8, 4) is 17.2 Å². The van der Waals surface area contributed by atoms with E-state index in [9.17, 15) is 17.6 Å². The number of nitrogens with zero attached hydrogens (tertiary/aromatic N) is 1. The minimum Gasteiger partial charge on any atom is -0.493 e. The van der Waals surface area contributed by atoms with Crippen LogP contribution in [0.1, 0.15) is 13.8 Å². The zero-order valence-corrected chi connectivity index (χ0v) is 20.6. The van der Waals surface area contributed by atoms with Gasteiger partial charge in [0, 0.05) is 6.07 Å². The highest BCUT2D eigenvalue weighted by molar-refractivity contribution is 7.92. The first kappa shape index (κ1) is 25.8. The number of carbonyl (C=O) groups is 1. The van der Waals surface area contributed by atoms with Crippen LogP contribution in [0.3, 0.4) is 0 Å². The lowest BCUT2D eigenvalue weighted by atomic mass is 10.2. The monoisotopic (exact) mass is 502 g/mol. The van der Waals surface area contributed by atoms with Crippen LogP contribution in [0.5, 0.6) is 17.2 Å². The van der Waals surface area contributed by atoms with Crippen molar-refractivity contribution in [3.63, 3.8) is 0 Å². The van der Waals surface area contributed by atoms with Gasteiger partial charge in [0.25, 0.3) is 10.0 Å². The SMILES string of the molecule is COc1ccc(S(=O)(=O)N(CC(=O)Nc2ccccc2OC(C)C)c2ccc(F)cc2)cc1OC. The smallest absolute Gasteiger partial charge is 0.264 e. The van der Waals surface area contributed by atoms with E-state index in [1.807, 2.05) is 13.8 Å². The number of sulfonamides is 1. The van der Waals surface area contributed by atoms with E-state index in [4.69, 9.17) is 14.2 Å². The van der Waals surface area contributed by atoms with Gasteiger partial charge in [-0.3, -0.25) is 9.10 Å². The van der Waals surface area contributed by atoms with Gasteiger partial charge < -0.3 is 19.5 Å². The maximum atomic E-state index is 13.6. The fourth-order valence-electron chi connectivity index (χ4n) is 3.27. The molecule has 3 aromatic rings. The maximum absolute atomic E-state index is 13.6. The van der Waals surface area contributed by atoms with Crippen LogP contribution in [0.25, 0.3) is 0 Å². The third kappa shape index (κ3) is 6.21. The lowest BCUT2D eigenvalue weighted by Crippen LogP contribution is -2.38. The molecule has 8 nitrogen and oxygen atoms in total. The number of benzene rings is 3. The molecule has 0 aliphatic carbocycles. The number of anilines is 2. The highest BCUT2D eigenvalue weighted by Crippen LogP contribution is 2.32. The number of ether oxygens (including phenoxy) is 3. The van der Waals surface area contributed by atoms with Gasteiger partial charge in [-0.1, -0.05) is 12.1 Å². The second-order valence-electron chi connectivity index (χ2n) is 7.72. The molecule has 0 aliphatic rings. The normalized spacial score (nSPS) is 11.1. The topological polar surface area (TPSA) is 94.2 Å². The van der Waals surface area contributed by atoms with Gasteiger partial charge in [0.2, 0.25) is 5.91 Å². The van der Waals surface area contributed by atoms with Crippen molar-refractivity contribution in [1.29, 1.82) is 0 Å². The summed E-state index contributed by atoms with van der Waals surface area (Å²) in [7, 11) is -1.44. The largest absolute Gasteiger partial charge is 0.493 e. The minimum atomic E-state index is -4.26. The van der Waals surface area contributed by atoms with E-state index in [0.717, 1.165) is 16.4 Å². The van der Waals surface area contributed by atoms with Crippen LogP contribution in [0, 0.1) is 5.82 Å². The molecule has 186 valence electrons. The van der Waals surface area contributed by atoms with E-state index >= 15 is 0 Å². The molecule has 3 rings (SSSR count). The Morgan fingerprint density at radius 2 is 1.60 bits per heavy atom. The molecule has 1 amide bonds. The predicted octanol–water partition coefficient (Wildman–Crippen LogP) is 4.46. The highest BCUT2D eigenvalue weighted by Gasteiger charge is 2.29. The fraction of sp³-hybridized carbons (Fsp3) is 0.240. The Labute approximate surface area is 204 Å². The molecule has 3 aromatic carbocycles. The first-order valence-electron chi connectivity index (χ1n) is 10.7. The van der Waals surface area contributed by atoms with Gasteiger partial charge in [0.1, 0.15) is 18.1 Å². The van der Waals surface area contributed by atoms with E-state index in [2.05, 4.69) is 5.32 Å². The van der Waals surface area contributed by atoms with Gasteiger partial charge in [-0.05, 0) is 62.4 Å². The number of amides is 1. The fourth-order valence-corrected chi connectivity index (χ4v) is 4.71. The second-order valence-corrected chi connectivity index (χ2v) is 9.58. The van der Waals surface area contributed by atoms with Gasteiger partial charge >= 0.3 is 0 Å². The summed E-state index contributed by atoms with van der Waals surface area (Å²) in [5.74, 6) is -0.150. The Balaban J connectivity index is 1.97. The number of nitrogens with one attached hydrogen (secondary N) is 1. The molecule has 0 fully saturated rings. The molecule has 0 atom stereocenters. The summed E-state index contributed by atoms with van der Waals surface area (Å²) in [6, 6.07) is 15.8. The van der Waals surface area contributed by atoms with Gasteiger partial charge in [0.15, 0.2) is 11.5 Å². The number of halogens is 1. The number of hydrogen-bond acceptors (Lipinski definition) is 6. The Morgan fingerprint density at radius 3 is 2.23 bits per heavy atom. The van der Waals surface area contributed by atoms with E-state index in [0.29, 0.717) is 17.2 Å². The van der Waals surface area contributed by atoms with E-state index < -0.39 is 28.3 Å². The zero-order valence-electron chi connectivity index (χ0n) is 19.8. The molecule has 10 heteroatoms. The van der Waals surface area contributed by atoms with Gasteiger partial charge in [0.05, 0.1) is 36.6 Å². The number of hydrogen-bond donors (Lipinski definition) is 1. The van der Waals surface area contributed by atoms with Crippen molar-refractivity contribution in [2.75, 3.05) is 30.4 Å². The lowest BCUT2D eigenvalue weighted by Gasteiger charge is -2.25. The number of carbonyl (C=O) groups excluding carboxylic acids is 1. The Hall–Kier alpha value is -3.79. The van der Waals surface area contributed by atoms with Crippen molar-refractivity contribution in [1.82, 2.24) is 0 Å². The van der Waals surface area contributed by atoms with Crippen LogP contribution in [0.4, 0.5) is 15.8 Å². The van der Waals surface area contributed by atoms with Gasteiger partial charge in [-0.2, -0.15) is 0 Å². The molecule has 0 saturated carbocycles. The van der Waals surface area contributed by atoms with Crippen molar-refractivity contribution < 1.29 is 31.8 Å². The molecule has 35 heavy (non-hydrogen) atoms. The standard InChI is InChI=1S/C25H27FN2O6S/c1-17(2)34-22-8-6-5-7-21(22)27-25(29)16-28(19-11-9-18(26)10-12-19)35(30,31)20-13-14-23(32-3)24(15-20)33-4/h5-15,17H,16H2,1-4H3,(H,27,29). The molecule has 0 bridgehead atoms. The van der Waals surface area contributed by atoms with Crippen LogP contribution >= 0.6 is 0 Å². The summed E-state index contributed by atoms with van der Waals surface area (Å²) < 4.78 is 57.8. The summed E-state index contributed by atoms with van der Waals surface area (Å²) >= 11 is 0. The van der Waals surface area contributed by atoms with Gasteiger partial charge in [-0.15, -0.1) is 0 Å². The first-order chi connectivity index (χ1) is 16.6. The maximum Gasteiger partial charge on any atom is 0.264 e. The van der Waals surface area contributed by atoms with Gasteiger partial charge in [-0.25, -0.2) is 12.8 Å². The third-order valence-electron chi connectivity index (χ3n) is 4.87. The van der Waals surface area contributed by atoms with Crippen molar-refractivity contribution >= 4 is 27.3 Å². The molecule has 0 aliphatic heterocycles. The Morgan fingerprint density at radius 1 is 0.943 bits per heavy atom. The van der Waals surface area contributed by atoms with Crippen LogP contribution in [0.15, 0.2) is 71.6 Å². The van der Waals surface area contributed by atoms with Crippen LogP contribution in [0.2, 0.25) is 0 Å². The Kier molecular flexibility index (Phi) is 8.18. The van der Waals surface area contributed by atoms with Crippen LogP contribution in [-0.4, -0.2) is 41.2 Å². The quantitative estimate of drug-likeness (QED) is 0.440. The van der Waals surface area contributed by atoms with Crippen molar-refractivity contribution in [2.24, 2.45) is 0 Å².